The Labute approximate surface area is 294 Å². The molecule has 0 bridgehead atoms. The summed E-state index contributed by atoms with van der Waals surface area (Å²) < 4.78 is 4.40. The molecule has 2 heterocycles. The number of rotatable bonds is 4. The van der Waals surface area contributed by atoms with E-state index < -0.39 is 0 Å². The lowest BCUT2D eigenvalue weighted by Gasteiger charge is -2.16. The van der Waals surface area contributed by atoms with Crippen LogP contribution < -0.4 is 0 Å². The van der Waals surface area contributed by atoms with Gasteiger partial charge in [0.25, 0.3) is 0 Å². The van der Waals surface area contributed by atoms with Crippen molar-refractivity contribution >= 4 is 38.8 Å². The van der Waals surface area contributed by atoms with E-state index in [4.69, 9.17) is 0 Å². The smallest absolute Gasteiger partial charge is 0.101 e. The molecule has 9 rings (SSSR count). The van der Waals surface area contributed by atoms with Crippen LogP contribution in [0.4, 0.5) is 0 Å². The van der Waals surface area contributed by atoms with Crippen LogP contribution in [-0.4, -0.2) is 9.13 Å². The van der Waals surface area contributed by atoms with Crippen molar-refractivity contribution in [3.05, 3.63) is 174 Å². The predicted molar refractivity (Wildman–Crippen MR) is 205 cm³/mol. The van der Waals surface area contributed by atoms with Crippen LogP contribution in [0, 0.1) is 34.0 Å². The lowest BCUT2D eigenvalue weighted by molar-refractivity contribution is 1.09. The van der Waals surface area contributed by atoms with Crippen molar-refractivity contribution in [1.82, 2.24) is 9.13 Å². The first kappa shape index (κ1) is 29.7. The third kappa shape index (κ3) is 4.75. The Morgan fingerprint density at radius 3 is 1.86 bits per heavy atom. The topological polar surface area (TPSA) is 81.2 Å². The molecule has 6 aromatic carbocycles. The molecule has 0 amide bonds. The van der Waals surface area contributed by atoms with Crippen LogP contribution in [0.2, 0.25) is 0 Å². The van der Waals surface area contributed by atoms with Gasteiger partial charge in [-0.1, -0.05) is 91.0 Å². The van der Waals surface area contributed by atoms with Gasteiger partial charge in [0.1, 0.15) is 6.07 Å². The monoisotopic (exact) mass is 649 g/mol. The molecule has 0 fully saturated rings. The Morgan fingerprint density at radius 2 is 1.14 bits per heavy atom. The highest BCUT2D eigenvalue weighted by atomic mass is 15.0. The van der Waals surface area contributed by atoms with Gasteiger partial charge in [0.15, 0.2) is 0 Å². The van der Waals surface area contributed by atoms with Crippen LogP contribution in [0.25, 0.3) is 72.4 Å². The average molecular weight is 650 g/mol. The summed E-state index contributed by atoms with van der Waals surface area (Å²) in [5.41, 5.74) is 12.8. The number of aromatic nitrogens is 2. The summed E-state index contributed by atoms with van der Waals surface area (Å²) in [6.07, 6.45) is 9.05. The van der Waals surface area contributed by atoms with Crippen molar-refractivity contribution in [2.45, 2.75) is 6.42 Å². The Balaban J connectivity index is 1.15. The Morgan fingerprint density at radius 1 is 0.490 bits per heavy atom. The zero-order valence-electron chi connectivity index (χ0n) is 27.4. The van der Waals surface area contributed by atoms with Crippen LogP contribution in [-0.2, 0) is 6.42 Å². The number of nitrogens with zero attached hydrogens (tertiary/aromatic N) is 5. The predicted octanol–water partition coefficient (Wildman–Crippen LogP) is 10.8. The fourth-order valence-electron chi connectivity index (χ4n) is 7.56. The zero-order valence-corrected chi connectivity index (χ0v) is 27.4. The molecule has 0 unspecified atom stereocenters. The van der Waals surface area contributed by atoms with Gasteiger partial charge in [0.2, 0.25) is 0 Å². The van der Waals surface area contributed by atoms with Gasteiger partial charge in [-0.2, -0.15) is 15.8 Å². The molecule has 8 aromatic rings. The minimum absolute atomic E-state index is 0.567. The second-order valence-electron chi connectivity index (χ2n) is 12.7. The zero-order chi connectivity index (χ0) is 34.5. The van der Waals surface area contributed by atoms with Crippen LogP contribution in [0.15, 0.2) is 146 Å². The number of para-hydroxylation sites is 2. The van der Waals surface area contributed by atoms with Crippen molar-refractivity contribution in [3.8, 4) is 51.8 Å². The summed E-state index contributed by atoms with van der Waals surface area (Å²) in [6, 6.07) is 49.8. The molecule has 0 aliphatic heterocycles. The number of hydrogen-bond donors (Lipinski definition) is 0. The minimum atomic E-state index is 0.567. The SMILES string of the molecule is N#Cc1ccc(-c2ccc(-c3ccc(-n4c5ccccc5c5ccccc54)c(C#N)c3)cc2)c(-n2c3c(c4cc(C#N)ccc42)CC=CC=C3)c1. The highest BCUT2D eigenvalue weighted by Gasteiger charge is 2.21. The van der Waals surface area contributed by atoms with E-state index in [1.165, 1.54) is 0 Å². The van der Waals surface area contributed by atoms with E-state index in [9.17, 15) is 15.8 Å². The summed E-state index contributed by atoms with van der Waals surface area (Å²) in [6.45, 7) is 0. The van der Waals surface area contributed by atoms with E-state index in [2.05, 4.69) is 94.1 Å². The number of nitriles is 3. The van der Waals surface area contributed by atoms with Crippen LogP contribution in [0.3, 0.4) is 0 Å². The van der Waals surface area contributed by atoms with Crippen molar-refractivity contribution in [3.63, 3.8) is 0 Å². The third-order valence-corrected chi connectivity index (χ3v) is 9.90. The second-order valence-corrected chi connectivity index (χ2v) is 12.7. The van der Waals surface area contributed by atoms with E-state index in [1.807, 2.05) is 84.9 Å². The molecular weight excluding hydrogens is 623 g/mol. The van der Waals surface area contributed by atoms with Crippen LogP contribution in [0.5, 0.6) is 0 Å². The van der Waals surface area contributed by atoms with E-state index >= 15 is 0 Å². The molecule has 0 saturated heterocycles. The van der Waals surface area contributed by atoms with Gasteiger partial charge in [-0.3, -0.25) is 0 Å². The lowest BCUT2D eigenvalue weighted by Crippen LogP contribution is -2.01. The maximum atomic E-state index is 10.4. The second kappa shape index (κ2) is 11.9. The molecule has 0 saturated carbocycles. The highest BCUT2D eigenvalue weighted by Crippen LogP contribution is 2.39. The summed E-state index contributed by atoms with van der Waals surface area (Å²) in [7, 11) is 0. The Hall–Kier alpha value is -7.39. The van der Waals surface area contributed by atoms with Gasteiger partial charge < -0.3 is 9.13 Å². The van der Waals surface area contributed by atoms with Gasteiger partial charge >= 0.3 is 0 Å². The summed E-state index contributed by atoms with van der Waals surface area (Å²) >= 11 is 0. The Bertz CT molecular complexity index is 2860. The van der Waals surface area contributed by atoms with E-state index in [-0.39, 0.29) is 0 Å². The largest absolute Gasteiger partial charge is 0.309 e. The van der Waals surface area contributed by atoms with Crippen molar-refractivity contribution in [1.29, 1.82) is 15.8 Å². The molecule has 2 aromatic heterocycles. The van der Waals surface area contributed by atoms with Crippen molar-refractivity contribution in [2.75, 3.05) is 0 Å². The standard InChI is InChI=1S/C46H27N5/c47-27-30-15-22-45-40(24-30)39-8-2-1-3-11-44(39)51(45)46-25-31(28-48)14-21-36(46)33-18-16-32(17-19-33)34-20-23-41(35(26-34)29-49)50-42-12-6-4-9-37(42)38-10-5-7-13-43(38)50/h1-7,9-26H,8H2. The van der Waals surface area contributed by atoms with Crippen LogP contribution >= 0.6 is 0 Å². The first-order valence-electron chi connectivity index (χ1n) is 16.8. The average Bonchev–Trinajstić information content (AvgIpc) is 3.56. The number of fused-ring (bicyclic) bond motifs is 6. The fraction of sp³-hybridized carbons (Fsp3) is 0.0217. The van der Waals surface area contributed by atoms with Gasteiger partial charge in [0, 0.05) is 21.7 Å². The fourth-order valence-corrected chi connectivity index (χ4v) is 7.56. The molecule has 0 radical (unpaired) electrons. The van der Waals surface area contributed by atoms with Gasteiger partial charge in [-0.25, -0.2) is 0 Å². The molecule has 51 heavy (non-hydrogen) atoms. The first-order valence-corrected chi connectivity index (χ1v) is 16.8. The number of benzene rings is 6. The van der Waals surface area contributed by atoms with E-state index in [0.29, 0.717) is 16.7 Å². The van der Waals surface area contributed by atoms with Crippen LogP contribution in [0.1, 0.15) is 27.9 Å². The molecule has 0 atom stereocenters. The van der Waals surface area contributed by atoms with Gasteiger partial charge in [-0.15, -0.1) is 0 Å². The van der Waals surface area contributed by atoms with Crippen molar-refractivity contribution < 1.29 is 0 Å². The Kier molecular flexibility index (Phi) is 6.96. The summed E-state index contributed by atoms with van der Waals surface area (Å²) in [5, 5.41) is 33.3. The molecule has 0 N–H and O–H groups in total. The minimum Gasteiger partial charge on any atom is -0.309 e. The quantitative estimate of drug-likeness (QED) is 0.190. The normalized spacial score (nSPS) is 12.0. The van der Waals surface area contributed by atoms with E-state index in [0.717, 1.165) is 84.0 Å². The van der Waals surface area contributed by atoms with Gasteiger partial charge in [0.05, 0.1) is 62.4 Å². The summed E-state index contributed by atoms with van der Waals surface area (Å²) in [4.78, 5) is 0. The first-order chi connectivity index (χ1) is 25.2. The highest BCUT2D eigenvalue weighted by molar-refractivity contribution is 6.09. The number of allylic oxidation sites excluding steroid dienone is 3. The lowest BCUT2D eigenvalue weighted by atomic mass is 9.97. The molecule has 1 aliphatic carbocycles. The summed E-state index contributed by atoms with van der Waals surface area (Å²) in [5.74, 6) is 0. The van der Waals surface area contributed by atoms with Crippen molar-refractivity contribution in [2.24, 2.45) is 0 Å². The third-order valence-electron chi connectivity index (χ3n) is 9.90. The van der Waals surface area contributed by atoms with E-state index in [1.54, 1.807) is 0 Å². The molecule has 1 aliphatic rings. The van der Waals surface area contributed by atoms with Gasteiger partial charge in [-0.05, 0) is 89.3 Å². The molecular formula is C46H27N5. The maximum absolute atomic E-state index is 10.4. The molecule has 5 heteroatoms. The number of hydrogen-bond acceptors (Lipinski definition) is 3. The molecule has 5 nitrogen and oxygen atoms in total. The molecule has 236 valence electrons. The molecule has 0 spiro atoms. The maximum Gasteiger partial charge on any atom is 0.101 e.